The summed E-state index contributed by atoms with van der Waals surface area (Å²) in [7, 11) is 3.16. The Labute approximate surface area is 248 Å². The fraction of sp³-hybridized carbons (Fsp3) is 0.242. The van der Waals surface area contributed by atoms with Gasteiger partial charge in [-0.1, -0.05) is 74.0 Å². The number of imidazole rings is 1. The normalized spacial score (nSPS) is 11.6. The van der Waals surface area contributed by atoms with Gasteiger partial charge < -0.3 is 14.0 Å². The molecule has 9 nitrogen and oxygen atoms in total. The number of ether oxygens (including phenoxy) is 2. The number of methoxy groups -OCH3 is 2. The Balaban J connectivity index is 1.41. The SMILES string of the molecule is CCCCc1nc2cc(-c3ccc(F)cc3)c(C(OC)OC)nc2n1Cc1ccc(-c2ccccc2-c2nn[nH]n2)cc1. The molecule has 0 spiro atoms. The van der Waals surface area contributed by atoms with Crippen LogP contribution in [0.3, 0.4) is 0 Å². The van der Waals surface area contributed by atoms with E-state index in [1.165, 1.54) is 12.1 Å². The van der Waals surface area contributed by atoms with Gasteiger partial charge in [-0.25, -0.2) is 14.4 Å². The number of benzene rings is 3. The number of unbranched alkanes of at least 4 members (excludes halogenated alkanes) is 1. The Morgan fingerprint density at radius 3 is 2.23 bits per heavy atom. The minimum absolute atomic E-state index is 0.301. The third-order valence-electron chi connectivity index (χ3n) is 7.51. The molecule has 3 heterocycles. The number of aromatic amines is 1. The smallest absolute Gasteiger partial charge is 0.205 e. The monoisotopic (exact) mass is 577 g/mol. The Morgan fingerprint density at radius 1 is 0.860 bits per heavy atom. The number of halogens is 1. The van der Waals surface area contributed by atoms with Gasteiger partial charge in [0.15, 0.2) is 5.65 Å². The quantitative estimate of drug-likeness (QED) is 0.170. The van der Waals surface area contributed by atoms with E-state index in [9.17, 15) is 4.39 Å². The lowest BCUT2D eigenvalue weighted by Gasteiger charge is -2.18. The minimum Gasteiger partial charge on any atom is -0.350 e. The van der Waals surface area contributed by atoms with Gasteiger partial charge in [0.1, 0.15) is 22.9 Å². The predicted octanol–water partition coefficient (Wildman–Crippen LogP) is 6.77. The van der Waals surface area contributed by atoms with Gasteiger partial charge >= 0.3 is 0 Å². The van der Waals surface area contributed by atoms with Gasteiger partial charge in [0, 0.05) is 31.8 Å². The van der Waals surface area contributed by atoms with E-state index in [1.807, 2.05) is 24.3 Å². The Bertz CT molecular complexity index is 1810. The van der Waals surface area contributed by atoms with Gasteiger partial charge in [0.2, 0.25) is 12.1 Å². The molecule has 3 aromatic carbocycles. The highest BCUT2D eigenvalue weighted by atomic mass is 19.1. The molecule has 0 fully saturated rings. The van der Waals surface area contributed by atoms with Crippen LogP contribution in [-0.2, 0) is 22.4 Å². The van der Waals surface area contributed by atoms with E-state index < -0.39 is 6.29 Å². The topological polar surface area (TPSA) is 104 Å². The molecular formula is C33H32FN7O2. The molecular weight excluding hydrogens is 545 g/mol. The number of hydrogen-bond donors (Lipinski definition) is 1. The zero-order valence-electron chi connectivity index (χ0n) is 24.3. The molecule has 10 heteroatoms. The van der Waals surface area contributed by atoms with Crippen molar-refractivity contribution in [2.75, 3.05) is 14.2 Å². The number of nitrogens with zero attached hydrogens (tertiary/aromatic N) is 6. The second kappa shape index (κ2) is 12.6. The maximum atomic E-state index is 13.7. The lowest BCUT2D eigenvalue weighted by Crippen LogP contribution is -2.11. The van der Waals surface area contributed by atoms with E-state index >= 15 is 0 Å². The van der Waals surface area contributed by atoms with Gasteiger partial charge in [-0.3, -0.25) is 0 Å². The van der Waals surface area contributed by atoms with Gasteiger partial charge in [-0.2, -0.15) is 5.21 Å². The van der Waals surface area contributed by atoms with Crippen molar-refractivity contribution in [3.8, 4) is 33.6 Å². The zero-order chi connectivity index (χ0) is 29.8. The summed E-state index contributed by atoms with van der Waals surface area (Å²) in [4.78, 5) is 10.1. The molecule has 218 valence electrons. The summed E-state index contributed by atoms with van der Waals surface area (Å²) in [6, 6.07) is 24.8. The first kappa shape index (κ1) is 28.3. The van der Waals surface area contributed by atoms with Crippen molar-refractivity contribution in [3.05, 3.63) is 102 Å². The van der Waals surface area contributed by atoms with Crippen LogP contribution in [0.5, 0.6) is 0 Å². The molecule has 0 aliphatic heterocycles. The Hall–Kier alpha value is -4.80. The van der Waals surface area contributed by atoms with Crippen LogP contribution in [0.1, 0.15) is 43.1 Å². The first-order valence-electron chi connectivity index (χ1n) is 14.2. The number of aryl methyl sites for hydroxylation is 1. The number of rotatable bonds is 11. The van der Waals surface area contributed by atoms with Crippen LogP contribution < -0.4 is 0 Å². The average molecular weight is 578 g/mol. The predicted molar refractivity (Wildman–Crippen MR) is 162 cm³/mol. The van der Waals surface area contributed by atoms with Gasteiger partial charge in [0.05, 0.1) is 6.54 Å². The summed E-state index contributed by atoms with van der Waals surface area (Å²) in [5.41, 5.74) is 7.83. The second-order valence-corrected chi connectivity index (χ2v) is 10.3. The molecule has 0 unspecified atom stereocenters. The van der Waals surface area contributed by atoms with Crippen LogP contribution in [-0.4, -0.2) is 49.4 Å². The highest BCUT2D eigenvalue weighted by molar-refractivity contribution is 5.82. The van der Waals surface area contributed by atoms with Crippen molar-refractivity contribution in [3.63, 3.8) is 0 Å². The molecule has 0 saturated heterocycles. The molecule has 6 rings (SSSR count). The van der Waals surface area contributed by atoms with Crippen molar-refractivity contribution < 1.29 is 13.9 Å². The number of pyridine rings is 1. The summed E-state index contributed by atoms with van der Waals surface area (Å²) >= 11 is 0. The maximum absolute atomic E-state index is 13.7. The van der Waals surface area contributed by atoms with Crippen molar-refractivity contribution in [2.45, 2.75) is 39.0 Å². The average Bonchev–Trinajstić information content (AvgIpc) is 3.70. The molecule has 3 aromatic heterocycles. The fourth-order valence-electron chi connectivity index (χ4n) is 5.34. The van der Waals surface area contributed by atoms with Crippen molar-refractivity contribution >= 4 is 11.2 Å². The lowest BCUT2D eigenvalue weighted by molar-refractivity contribution is -0.108. The Kier molecular flexibility index (Phi) is 8.30. The standard InChI is InChI=1S/C33H32FN7O2/c1-4-5-10-29-35-28-19-27(23-15-17-24(34)18-16-23)30(33(42-2)43-3)36-32(28)41(29)20-21-11-13-22(14-12-21)25-8-6-7-9-26(25)31-37-39-40-38-31/h6-9,11-19,33H,4-5,10,20H2,1-3H3,(H,37,38,39,40). The van der Waals surface area contributed by atoms with Gasteiger partial charge in [-0.05, 0) is 52.1 Å². The summed E-state index contributed by atoms with van der Waals surface area (Å²) in [6.45, 7) is 2.76. The molecule has 6 aromatic rings. The lowest BCUT2D eigenvalue weighted by atomic mass is 9.98. The largest absolute Gasteiger partial charge is 0.350 e. The van der Waals surface area contributed by atoms with Crippen molar-refractivity contribution in [2.24, 2.45) is 0 Å². The summed E-state index contributed by atoms with van der Waals surface area (Å²) in [5.74, 6) is 1.21. The molecule has 0 aliphatic carbocycles. The van der Waals surface area contributed by atoms with Gasteiger partial charge in [-0.15, -0.1) is 10.2 Å². The second-order valence-electron chi connectivity index (χ2n) is 10.3. The van der Waals surface area contributed by atoms with Crippen LogP contribution in [0.15, 0.2) is 78.9 Å². The Morgan fingerprint density at radius 2 is 1.56 bits per heavy atom. The van der Waals surface area contributed by atoms with Crippen LogP contribution in [0.4, 0.5) is 4.39 Å². The summed E-state index contributed by atoms with van der Waals surface area (Å²) in [5, 5.41) is 14.6. The van der Waals surface area contributed by atoms with E-state index in [0.29, 0.717) is 18.1 Å². The highest BCUT2D eigenvalue weighted by Gasteiger charge is 2.22. The number of hydrogen-bond acceptors (Lipinski definition) is 7. The molecule has 1 N–H and O–H groups in total. The molecule has 0 atom stereocenters. The molecule has 0 bridgehead atoms. The molecule has 0 saturated carbocycles. The number of fused-ring (bicyclic) bond motifs is 1. The number of tetrazole rings is 1. The van der Waals surface area contributed by atoms with Crippen molar-refractivity contribution in [1.29, 1.82) is 0 Å². The molecule has 0 aliphatic rings. The zero-order valence-corrected chi connectivity index (χ0v) is 24.3. The van der Waals surface area contributed by atoms with Crippen molar-refractivity contribution in [1.82, 2.24) is 35.2 Å². The van der Waals surface area contributed by atoms with E-state index in [4.69, 9.17) is 19.4 Å². The van der Waals surface area contributed by atoms with E-state index in [2.05, 4.69) is 62.4 Å². The molecule has 0 amide bonds. The van der Waals surface area contributed by atoms with Crippen LogP contribution in [0.25, 0.3) is 44.8 Å². The van der Waals surface area contributed by atoms with Crippen LogP contribution in [0, 0.1) is 5.82 Å². The van der Waals surface area contributed by atoms with E-state index in [0.717, 1.165) is 69.6 Å². The number of aromatic nitrogens is 7. The summed E-state index contributed by atoms with van der Waals surface area (Å²) < 4.78 is 27.2. The summed E-state index contributed by atoms with van der Waals surface area (Å²) in [6.07, 6.45) is 2.17. The van der Waals surface area contributed by atoms with E-state index in [-0.39, 0.29) is 5.82 Å². The number of H-pyrrole nitrogens is 1. The number of nitrogens with one attached hydrogen (secondary N) is 1. The van der Waals surface area contributed by atoms with Crippen LogP contribution >= 0.6 is 0 Å². The fourth-order valence-corrected chi connectivity index (χ4v) is 5.34. The maximum Gasteiger partial charge on any atom is 0.205 e. The first-order chi connectivity index (χ1) is 21.1. The van der Waals surface area contributed by atoms with Gasteiger partial charge in [0.25, 0.3) is 0 Å². The first-order valence-corrected chi connectivity index (χ1v) is 14.2. The third-order valence-corrected chi connectivity index (χ3v) is 7.51. The van der Waals surface area contributed by atoms with Crippen LogP contribution in [0.2, 0.25) is 0 Å². The molecule has 0 radical (unpaired) electrons. The minimum atomic E-state index is -0.703. The molecule has 43 heavy (non-hydrogen) atoms. The highest BCUT2D eigenvalue weighted by Crippen LogP contribution is 2.34. The third kappa shape index (κ3) is 5.79. The van der Waals surface area contributed by atoms with E-state index in [1.54, 1.807) is 26.4 Å².